The molecule has 0 radical (unpaired) electrons. The van der Waals surface area contributed by atoms with Gasteiger partial charge in [-0.05, 0) is 12.2 Å². The van der Waals surface area contributed by atoms with Gasteiger partial charge >= 0.3 is 5.97 Å². The maximum Gasteiger partial charge on any atom is 0.308 e. The predicted octanol–water partition coefficient (Wildman–Crippen LogP) is 1.52. The average Bonchev–Trinajstić information content (AvgIpc) is 2.22. The van der Waals surface area contributed by atoms with Crippen molar-refractivity contribution in [3.8, 4) is 0 Å². The Morgan fingerprint density at radius 2 is 2.00 bits per heavy atom. The predicted molar refractivity (Wildman–Crippen MR) is 60.5 cm³/mol. The normalized spacial score (nSPS) is 12.2. The molecule has 0 saturated carbocycles. The maximum atomic E-state index is 11.2. The molecule has 0 aromatic carbocycles. The van der Waals surface area contributed by atoms with E-state index in [1.165, 1.54) is 19.1 Å². The molecule has 0 aromatic heterocycles. The first-order chi connectivity index (χ1) is 7.38. The molecule has 0 aliphatic carbocycles. The summed E-state index contributed by atoms with van der Waals surface area (Å²) in [4.78, 5) is 21.7. The molecule has 0 aliphatic heterocycles. The minimum Gasteiger partial charge on any atom is -0.427 e. The number of aliphatic hydroxyl groups is 1. The highest BCUT2D eigenvalue weighted by molar-refractivity contribution is 5.95. The summed E-state index contributed by atoms with van der Waals surface area (Å²) >= 11 is 0. The summed E-state index contributed by atoms with van der Waals surface area (Å²) in [6, 6.07) is 0. The van der Waals surface area contributed by atoms with Gasteiger partial charge in [0.1, 0.15) is 11.9 Å². The van der Waals surface area contributed by atoms with Crippen LogP contribution in [0.25, 0.3) is 0 Å². The van der Waals surface area contributed by atoms with Crippen molar-refractivity contribution >= 4 is 11.8 Å². The minimum atomic E-state index is -1.08. The molecule has 0 heterocycles. The summed E-state index contributed by atoms with van der Waals surface area (Å²) in [7, 11) is 0. The highest BCUT2D eigenvalue weighted by Gasteiger charge is 2.11. The first-order valence-corrected chi connectivity index (χ1v) is 4.84. The summed E-state index contributed by atoms with van der Waals surface area (Å²) in [5.41, 5.74) is 0.106. The number of carbonyl (C=O) groups is 2. The molecule has 4 nitrogen and oxygen atoms in total. The van der Waals surface area contributed by atoms with Crippen LogP contribution in [0.3, 0.4) is 0 Å². The molecule has 0 aromatic rings. The monoisotopic (exact) mass is 224 g/mol. The van der Waals surface area contributed by atoms with Crippen molar-refractivity contribution in [3.05, 3.63) is 36.6 Å². The summed E-state index contributed by atoms with van der Waals surface area (Å²) in [6.45, 7) is 9.84. The van der Waals surface area contributed by atoms with Gasteiger partial charge in [-0.2, -0.15) is 0 Å². The lowest BCUT2D eigenvalue weighted by molar-refractivity contribution is -0.136. The molecule has 0 aliphatic rings. The zero-order chi connectivity index (χ0) is 12.7. The fraction of sp³-hybridized carbons (Fsp3) is 0.333. The lowest BCUT2D eigenvalue weighted by Crippen LogP contribution is -2.14. The van der Waals surface area contributed by atoms with E-state index in [-0.39, 0.29) is 23.5 Å². The van der Waals surface area contributed by atoms with Gasteiger partial charge in [0.2, 0.25) is 0 Å². The number of ether oxygens (including phenoxy) is 1. The van der Waals surface area contributed by atoms with E-state index in [1.807, 2.05) is 0 Å². The van der Waals surface area contributed by atoms with Gasteiger partial charge in [-0.15, -0.1) is 0 Å². The Balaban J connectivity index is 4.33. The van der Waals surface area contributed by atoms with Gasteiger partial charge in [0, 0.05) is 18.9 Å². The lowest BCUT2D eigenvalue weighted by Gasteiger charge is -2.07. The molecule has 1 atom stereocenters. The molecule has 0 amide bonds. The van der Waals surface area contributed by atoms with E-state index in [9.17, 15) is 14.7 Å². The Kier molecular flexibility index (Phi) is 6.03. The summed E-state index contributed by atoms with van der Waals surface area (Å²) in [6.07, 6.45) is 1.82. The number of aliphatic hydroxyl groups excluding tert-OH is 1. The summed E-state index contributed by atoms with van der Waals surface area (Å²) < 4.78 is 4.62. The number of hydrogen-bond acceptors (Lipinski definition) is 4. The number of allylic oxidation sites excluding steroid dienone is 1. The van der Waals surface area contributed by atoms with Crippen molar-refractivity contribution in [2.45, 2.75) is 26.4 Å². The lowest BCUT2D eigenvalue weighted by atomic mass is 10.1. The second-order valence-corrected chi connectivity index (χ2v) is 3.17. The van der Waals surface area contributed by atoms with E-state index < -0.39 is 12.1 Å². The number of rotatable bonds is 6. The van der Waals surface area contributed by atoms with E-state index in [0.29, 0.717) is 0 Å². The third-order valence-electron chi connectivity index (χ3n) is 1.78. The van der Waals surface area contributed by atoms with E-state index in [4.69, 9.17) is 0 Å². The van der Waals surface area contributed by atoms with Gasteiger partial charge in [-0.25, -0.2) is 0 Å². The van der Waals surface area contributed by atoms with Crippen molar-refractivity contribution in [1.29, 1.82) is 0 Å². The third-order valence-corrected chi connectivity index (χ3v) is 1.78. The van der Waals surface area contributed by atoms with Crippen LogP contribution >= 0.6 is 0 Å². The molecule has 0 fully saturated rings. The largest absolute Gasteiger partial charge is 0.427 e. The minimum absolute atomic E-state index is 0.100. The number of ketones is 1. The molecule has 1 unspecified atom stereocenters. The Morgan fingerprint density at radius 1 is 1.44 bits per heavy atom. The van der Waals surface area contributed by atoms with Gasteiger partial charge in [0.15, 0.2) is 5.78 Å². The van der Waals surface area contributed by atoms with Crippen LogP contribution in [0.1, 0.15) is 20.3 Å². The zero-order valence-corrected chi connectivity index (χ0v) is 9.53. The first kappa shape index (κ1) is 14.3. The molecule has 16 heavy (non-hydrogen) atoms. The second-order valence-electron chi connectivity index (χ2n) is 3.17. The smallest absolute Gasteiger partial charge is 0.308 e. The molecule has 0 saturated heterocycles. The van der Waals surface area contributed by atoms with Crippen LogP contribution in [0.15, 0.2) is 36.6 Å². The quantitative estimate of drug-likeness (QED) is 0.321. The molecule has 4 heteroatoms. The number of carbonyl (C=O) groups excluding carboxylic acids is 2. The Labute approximate surface area is 94.9 Å². The van der Waals surface area contributed by atoms with Crippen LogP contribution < -0.4 is 0 Å². The van der Waals surface area contributed by atoms with Crippen molar-refractivity contribution in [1.82, 2.24) is 0 Å². The van der Waals surface area contributed by atoms with Gasteiger partial charge in [0.25, 0.3) is 0 Å². The number of hydrogen-bond donors (Lipinski definition) is 1. The fourth-order valence-corrected chi connectivity index (χ4v) is 0.925. The standard InChI is InChI=1S/C12H16O4/c1-5-11(14)9(3)12(15)7-6-8(2)16-10(4)13/h6-7,12,15H,2-3,5H2,1,4H3/b7-6+. The number of esters is 1. The SMILES string of the molecule is C=C(/C=C/C(O)C(=C)C(=O)CC)OC(C)=O. The number of Topliss-reactive ketones (excluding diaryl/α,β-unsaturated/α-hetero) is 1. The summed E-state index contributed by atoms with van der Waals surface area (Å²) in [5, 5.41) is 9.51. The van der Waals surface area contributed by atoms with Crippen molar-refractivity contribution in [2.75, 3.05) is 0 Å². The van der Waals surface area contributed by atoms with Crippen molar-refractivity contribution < 1.29 is 19.4 Å². The van der Waals surface area contributed by atoms with Crippen LogP contribution in [0, 0.1) is 0 Å². The zero-order valence-electron chi connectivity index (χ0n) is 9.53. The Morgan fingerprint density at radius 3 is 2.44 bits per heavy atom. The van der Waals surface area contributed by atoms with E-state index in [1.54, 1.807) is 6.92 Å². The highest BCUT2D eigenvalue weighted by atomic mass is 16.5. The third kappa shape index (κ3) is 5.26. The Bertz CT molecular complexity index is 339. The first-order valence-electron chi connectivity index (χ1n) is 4.84. The average molecular weight is 224 g/mol. The second kappa shape index (κ2) is 6.74. The van der Waals surface area contributed by atoms with Crippen LogP contribution in [-0.2, 0) is 14.3 Å². The fourth-order valence-electron chi connectivity index (χ4n) is 0.925. The van der Waals surface area contributed by atoms with Crippen LogP contribution in [-0.4, -0.2) is 23.0 Å². The molecule has 1 N–H and O–H groups in total. The van der Waals surface area contributed by atoms with Crippen LogP contribution in [0.4, 0.5) is 0 Å². The molecule has 0 spiro atoms. The van der Waals surface area contributed by atoms with Crippen molar-refractivity contribution in [3.63, 3.8) is 0 Å². The summed E-state index contributed by atoms with van der Waals surface area (Å²) in [5.74, 6) is -0.605. The van der Waals surface area contributed by atoms with Gasteiger partial charge in [-0.3, -0.25) is 9.59 Å². The molecular weight excluding hydrogens is 208 g/mol. The van der Waals surface area contributed by atoms with Crippen LogP contribution in [0.5, 0.6) is 0 Å². The van der Waals surface area contributed by atoms with E-state index in [0.717, 1.165) is 0 Å². The van der Waals surface area contributed by atoms with Gasteiger partial charge in [0.05, 0.1) is 0 Å². The molecule has 88 valence electrons. The van der Waals surface area contributed by atoms with Crippen LogP contribution in [0.2, 0.25) is 0 Å². The maximum absolute atomic E-state index is 11.2. The molecule has 0 bridgehead atoms. The highest BCUT2D eigenvalue weighted by Crippen LogP contribution is 2.07. The van der Waals surface area contributed by atoms with Gasteiger partial charge in [-0.1, -0.05) is 20.1 Å². The van der Waals surface area contributed by atoms with E-state index >= 15 is 0 Å². The topological polar surface area (TPSA) is 63.6 Å². The Hall–Kier alpha value is -1.68. The van der Waals surface area contributed by atoms with E-state index in [2.05, 4.69) is 17.9 Å². The van der Waals surface area contributed by atoms with Crippen molar-refractivity contribution in [2.24, 2.45) is 0 Å². The molecule has 0 rings (SSSR count). The van der Waals surface area contributed by atoms with Gasteiger partial charge < -0.3 is 9.84 Å². The molecular formula is C12H16O4.